The van der Waals surface area contributed by atoms with Gasteiger partial charge in [0.25, 0.3) is 0 Å². The predicted molar refractivity (Wildman–Crippen MR) is 66.6 cm³/mol. The van der Waals surface area contributed by atoms with Gasteiger partial charge in [-0.15, -0.1) is 0 Å². The van der Waals surface area contributed by atoms with E-state index >= 15 is 0 Å². The molecule has 1 aliphatic heterocycles. The van der Waals surface area contributed by atoms with Crippen molar-refractivity contribution in [2.45, 2.75) is 31.2 Å². The van der Waals surface area contributed by atoms with Crippen LogP contribution >= 0.6 is 0 Å². The zero-order valence-electron chi connectivity index (χ0n) is 9.39. The second-order valence-corrected chi connectivity index (χ2v) is 4.78. The van der Waals surface area contributed by atoms with Crippen molar-refractivity contribution in [1.82, 2.24) is 0 Å². The topological polar surface area (TPSA) is 41.6 Å². The molecule has 0 aromatic heterocycles. The number of rotatable bonds is 1. The monoisotopic (exact) mass is 215 g/mol. The molecule has 0 saturated heterocycles. The molecule has 1 heterocycles. The minimum absolute atomic E-state index is 0.186. The number of para-hydroxylation sites is 1. The Hall–Kier alpha value is -1.51. The third-order valence-corrected chi connectivity index (χ3v) is 3.79. The normalized spacial score (nSPS) is 22.8. The maximum absolute atomic E-state index is 6.04. The van der Waals surface area contributed by atoms with E-state index in [1.54, 1.807) is 0 Å². The highest BCUT2D eigenvalue weighted by Gasteiger charge is 2.44. The number of hydrogen-bond donors (Lipinski definition) is 1. The van der Waals surface area contributed by atoms with E-state index in [0.717, 1.165) is 6.54 Å². The van der Waals surface area contributed by atoms with Gasteiger partial charge in [0.1, 0.15) is 0 Å². The number of anilines is 1. The van der Waals surface area contributed by atoms with Crippen molar-refractivity contribution in [3.05, 3.63) is 30.3 Å². The summed E-state index contributed by atoms with van der Waals surface area (Å²) in [6.45, 7) is 0.869. The molecular weight excluding hydrogens is 198 g/mol. The van der Waals surface area contributed by atoms with Crippen molar-refractivity contribution in [3.8, 4) is 0 Å². The van der Waals surface area contributed by atoms with Crippen molar-refractivity contribution >= 4 is 11.6 Å². The standard InChI is InChI=1S/C13H17N3/c14-12-15-10-13(8-4-5-9-13)16(12)11-6-2-1-3-7-11/h1-3,6-7H,4-5,8-10H2,(H2,14,15). The van der Waals surface area contributed by atoms with Gasteiger partial charge in [-0.1, -0.05) is 31.0 Å². The van der Waals surface area contributed by atoms with Gasteiger partial charge in [0, 0.05) is 5.69 Å². The smallest absolute Gasteiger partial charge is 0.196 e. The first-order valence-corrected chi connectivity index (χ1v) is 5.97. The van der Waals surface area contributed by atoms with Gasteiger partial charge in [0.2, 0.25) is 0 Å². The summed E-state index contributed by atoms with van der Waals surface area (Å²) in [5.74, 6) is 0.688. The van der Waals surface area contributed by atoms with E-state index in [1.807, 2.05) is 6.07 Å². The lowest BCUT2D eigenvalue weighted by molar-refractivity contribution is 0.472. The third kappa shape index (κ3) is 1.31. The first kappa shape index (κ1) is 9.70. The molecule has 3 heteroatoms. The Bertz CT molecular complexity index is 404. The van der Waals surface area contributed by atoms with Gasteiger partial charge in [-0.2, -0.15) is 0 Å². The van der Waals surface area contributed by atoms with Crippen LogP contribution in [0.25, 0.3) is 0 Å². The van der Waals surface area contributed by atoms with E-state index in [-0.39, 0.29) is 5.54 Å². The van der Waals surface area contributed by atoms with E-state index in [2.05, 4.69) is 34.2 Å². The van der Waals surface area contributed by atoms with Gasteiger partial charge in [0.05, 0.1) is 12.1 Å². The van der Waals surface area contributed by atoms with Gasteiger partial charge >= 0.3 is 0 Å². The molecule has 1 aromatic rings. The maximum Gasteiger partial charge on any atom is 0.196 e. The summed E-state index contributed by atoms with van der Waals surface area (Å²) in [6.07, 6.45) is 5.02. The number of nitrogens with zero attached hydrogens (tertiary/aromatic N) is 2. The van der Waals surface area contributed by atoms with Crippen molar-refractivity contribution < 1.29 is 0 Å². The minimum Gasteiger partial charge on any atom is -0.369 e. The van der Waals surface area contributed by atoms with Crippen LogP contribution in [-0.2, 0) is 0 Å². The summed E-state index contributed by atoms with van der Waals surface area (Å²) in [5, 5.41) is 0. The lowest BCUT2D eigenvalue weighted by Crippen LogP contribution is -2.50. The molecule has 3 rings (SSSR count). The molecule has 1 aromatic carbocycles. The van der Waals surface area contributed by atoms with Gasteiger partial charge in [0.15, 0.2) is 5.96 Å². The Kier molecular flexibility index (Phi) is 2.13. The number of guanidine groups is 1. The first-order chi connectivity index (χ1) is 7.82. The van der Waals surface area contributed by atoms with Crippen molar-refractivity contribution in [3.63, 3.8) is 0 Å². The lowest BCUT2D eigenvalue weighted by atomic mass is 9.96. The van der Waals surface area contributed by atoms with Crippen molar-refractivity contribution in [1.29, 1.82) is 0 Å². The summed E-state index contributed by atoms with van der Waals surface area (Å²) in [7, 11) is 0. The summed E-state index contributed by atoms with van der Waals surface area (Å²) in [4.78, 5) is 6.70. The Morgan fingerprint density at radius 1 is 1.12 bits per heavy atom. The number of benzene rings is 1. The van der Waals surface area contributed by atoms with Crippen LogP contribution in [-0.4, -0.2) is 18.0 Å². The highest BCUT2D eigenvalue weighted by Crippen LogP contribution is 2.40. The van der Waals surface area contributed by atoms with Gasteiger partial charge in [-0.3, -0.25) is 4.99 Å². The van der Waals surface area contributed by atoms with Crippen LogP contribution in [0.3, 0.4) is 0 Å². The van der Waals surface area contributed by atoms with E-state index in [9.17, 15) is 0 Å². The molecule has 1 aliphatic carbocycles. The molecule has 3 nitrogen and oxygen atoms in total. The summed E-state index contributed by atoms with van der Waals surface area (Å²) < 4.78 is 0. The van der Waals surface area contributed by atoms with Crippen molar-refractivity contribution in [2.24, 2.45) is 10.7 Å². The predicted octanol–water partition coefficient (Wildman–Crippen LogP) is 2.13. The Morgan fingerprint density at radius 3 is 2.50 bits per heavy atom. The van der Waals surface area contributed by atoms with Gasteiger partial charge in [-0.25, -0.2) is 0 Å². The Balaban J connectivity index is 2.00. The summed E-state index contributed by atoms with van der Waals surface area (Å²) in [6, 6.07) is 10.4. The summed E-state index contributed by atoms with van der Waals surface area (Å²) in [5.41, 5.74) is 7.41. The zero-order chi connectivity index (χ0) is 11.0. The molecular formula is C13H17N3. The second kappa shape index (κ2) is 3.51. The van der Waals surface area contributed by atoms with E-state index in [4.69, 9.17) is 5.73 Å². The number of aliphatic imine (C=N–C) groups is 1. The third-order valence-electron chi connectivity index (χ3n) is 3.79. The molecule has 0 atom stereocenters. The van der Waals surface area contributed by atoms with Crippen LogP contribution in [0.2, 0.25) is 0 Å². The quantitative estimate of drug-likeness (QED) is 0.779. The maximum atomic E-state index is 6.04. The fourth-order valence-electron chi connectivity index (χ4n) is 3.01. The zero-order valence-corrected chi connectivity index (χ0v) is 9.39. The molecule has 84 valence electrons. The van der Waals surface area contributed by atoms with E-state index in [1.165, 1.54) is 31.4 Å². The second-order valence-electron chi connectivity index (χ2n) is 4.78. The minimum atomic E-state index is 0.186. The molecule has 1 fully saturated rings. The molecule has 2 aliphatic rings. The average Bonchev–Trinajstić information content (AvgIpc) is 2.90. The van der Waals surface area contributed by atoms with E-state index < -0.39 is 0 Å². The molecule has 0 radical (unpaired) electrons. The molecule has 0 amide bonds. The average molecular weight is 215 g/mol. The molecule has 16 heavy (non-hydrogen) atoms. The molecule has 0 unspecified atom stereocenters. The molecule has 0 bridgehead atoms. The van der Waals surface area contributed by atoms with Crippen LogP contribution in [0.1, 0.15) is 25.7 Å². The van der Waals surface area contributed by atoms with Gasteiger partial charge in [-0.05, 0) is 25.0 Å². The highest BCUT2D eigenvalue weighted by atomic mass is 15.4. The van der Waals surface area contributed by atoms with Crippen LogP contribution in [0.4, 0.5) is 5.69 Å². The fraction of sp³-hybridized carbons (Fsp3) is 0.462. The number of nitrogens with two attached hydrogens (primary N) is 1. The van der Waals surface area contributed by atoms with Crippen LogP contribution in [0.5, 0.6) is 0 Å². The fourth-order valence-corrected chi connectivity index (χ4v) is 3.01. The summed E-state index contributed by atoms with van der Waals surface area (Å²) >= 11 is 0. The Labute approximate surface area is 96.0 Å². The van der Waals surface area contributed by atoms with Crippen LogP contribution in [0, 0.1) is 0 Å². The van der Waals surface area contributed by atoms with Crippen LogP contribution in [0.15, 0.2) is 35.3 Å². The Morgan fingerprint density at radius 2 is 1.81 bits per heavy atom. The molecule has 2 N–H and O–H groups in total. The SMILES string of the molecule is NC1=NCC2(CCCC2)N1c1ccccc1. The largest absolute Gasteiger partial charge is 0.369 e. The van der Waals surface area contributed by atoms with Gasteiger partial charge < -0.3 is 10.6 Å². The highest BCUT2D eigenvalue weighted by molar-refractivity contribution is 5.98. The van der Waals surface area contributed by atoms with E-state index in [0.29, 0.717) is 5.96 Å². The molecule has 1 saturated carbocycles. The molecule has 1 spiro atoms. The van der Waals surface area contributed by atoms with Crippen LogP contribution < -0.4 is 10.6 Å². The lowest BCUT2D eigenvalue weighted by Gasteiger charge is -2.36. The first-order valence-electron chi connectivity index (χ1n) is 5.97. The number of hydrogen-bond acceptors (Lipinski definition) is 3. The van der Waals surface area contributed by atoms with Crippen molar-refractivity contribution in [2.75, 3.05) is 11.4 Å².